The van der Waals surface area contributed by atoms with E-state index in [-0.39, 0.29) is 28.0 Å². The second kappa shape index (κ2) is 6.35. The Morgan fingerprint density at radius 1 is 1.22 bits per heavy atom. The molecule has 0 spiro atoms. The minimum atomic E-state index is -4.10. The van der Waals surface area contributed by atoms with Gasteiger partial charge in [0.25, 0.3) is 15.9 Å². The van der Waals surface area contributed by atoms with Crippen molar-refractivity contribution in [1.29, 1.82) is 0 Å². The number of rotatable bonds is 4. The Morgan fingerprint density at radius 3 is 2.74 bits per heavy atom. The van der Waals surface area contributed by atoms with E-state index in [1.807, 2.05) is 4.72 Å². The summed E-state index contributed by atoms with van der Waals surface area (Å²) in [5.41, 5.74) is 0.912. The number of amides is 1. The molecule has 1 amide bonds. The Morgan fingerprint density at radius 2 is 2.00 bits per heavy atom. The molecule has 9 nitrogen and oxygen atoms in total. The van der Waals surface area contributed by atoms with E-state index in [1.165, 1.54) is 20.0 Å². The molecule has 3 aromatic rings. The molecule has 3 heterocycles. The molecule has 0 unspecified atom stereocenters. The first-order valence-corrected chi connectivity index (χ1v) is 10.0. The third kappa shape index (κ3) is 3.15. The van der Waals surface area contributed by atoms with Crippen molar-refractivity contribution in [3.63, 3.8) is 0 Å². The lowest BCUT2D eigenvalue weighted by Crippen LogP contribution is -2.30. The van der Waals surface area contributed by atoms with Crippen LogP contribution in [0.15, 0.2) is 33.8 Å². The number of aryl methyl sites for hydroxylation is 2. The first-order chi connectivity index (χ1) is 12.8. The highest BCUT2D eigenvalue weighted by Gasteiger charge is 2.27. The molecule has 0 fully saturated rings. The van der Waals surface area contributed by atoms with Crippen molar-refractivity contribution in [2.24, 2.45) is 0 Å². The van der Waals surface area contributed by atoms with Crippen LogP contribution in [0.4, 0.5) is 0 Å². The summed E-state index contributed by atoms with van der Waals surface area (Å²) in [5, 5.41) is 4.15. The molecule has 27 heavy (non-hydrogen) atoms. The average Bonchev–Trinajstić information content (AvgIpc) is 3.33. The van der Waals surface area contributed by atoms with Gasteiger partial charge in [0.15, 0.2) is 22.2 Å². The molecule has 0 saturated carbocycles. The van der Waals surface area contributed by atoms with E-state index in [0.29, 0.717) is 16.5 Å². The van der Waals surface area contributed by atoms with Crippen molar-refractivity contribution < 1.29 is 27.2 Å². The topological polar surface area (TPSA) is 121 Å². The highest BCUT2D eigenvalue weighted by molar-refractivity contribution is 7.90. The number of hydrogen-bond acceptors (Lipinski definition) is 9. The average molecular weight is 407 g/mol. The van der Waals surface area contributed by atoms with E-state index in [0.717, 1.165) is 16.9 Å². The minimum absolute atomic E-state index is 0.109. The van der Waals surface area contributed by atoms with Gasteiger partial charge >= 0.3 is 0 Å². The number of sulfonamides is 1. The highest BCUT2D eigenvalue weighted by Crippen LogP contribution is 2.37. The van der Waals surface area contributed by atoms with E-state index in [9.17, 15) is 13.2 Å². The predicted molar refractivity (Wildman–Crippen MR) is 94.3 cm³/mol. The molecule has 1 N–H and O–H groups in total. The van der Waals surface area contributed by atoms with Crippen molar-refractivity contribution in [2.45, 2.75) is 18.7 Å². The minimum Gasteiger partial charge on any atom is -0.454 e. The number of ether oxygens (including phenoxy) is 2. The molecule has 0 radical (unpaired) electrons. The van der Waals surface area contributed by atoms with Gasteiger partial charge in [-0.25, -0.2) is 18.1 Å². The molecule has 140 valence electrons. The van der Waals surface area contributed by atoms with E-state index < -0.39 is 15.9 Å². The largest absolute Gasteiger partial charge is 0.454 e. The monoisotopic (exact) mass is 407 g/mol. The van der Waals surface area contributed by atoms with Crippen LogP contribution in [0.2, 0.25) is 0 Å². The third-order valence-corrected chi connectivity index (χ3v) is 6.43. The van der Waals surface area contributed by atoms with Gasteiger partial charge in [-0.15, -0.1) is 11.3 Å². The first kappa shape index (κ1) is 17.5. The Kier molecular flexibility index (Phi) is 4.12. The van der Waals surface area contributed by atoms with Crippen molar-refractivity contribution in [2.75, 3.05) is 6.79 Å². The molecule has 4 rings (SSSR count). The quantitative estimate of drug-likeness (QED) is 0.699. The van der Waals surface area contributed by atoms with Crippen LogP contribution in [0.5, 0.6) is 11.5 Å². The van der Waals surface area contributed by atoms with Gasteiger partial charge in [0.05, 0.1) is 6.20 Å². The summed E-state index contributed by atoms with van der Waals surface area (Å²) >= 11 is 1.06. The maximum atomic E-state index is 12.4. The Hall–Kier alpha value is -2.92. The van der Waals surface area contributed by atoms with Crippen LogP contribution in [-0.4, -0.2) is 31.3 Å². The lowest BCUT2D eigenvalue weighted by atomic mass is 10.2. The summed E-state index contributed by atoms with van der Waals surface area (Å²) in [7, 11) is -4.10. The summed E-state index contributed by atoms with van der Waals surface area (Å²) in [5.74, 6) is 0.561. The van der Waals surface area contributed by atoms with Crippen molar-refractivity contribution in [1.82, 2.24) is 14.9 Å². The molecule has 2 aromatic heterocycles. The van der Waals surface area contributed by atoms with Crippen molar-refractivity contribution >= 4 is 27.3 Å². The molecule has 1 aromatic carbocycles. The Bertz CT molecular complexity index is 1130. The zero-order chi connectivity index (χ0) is 19.2. The van der Waals surface area contributed by atoms with Gasteiger partial charge in [-0.3, -0.25) is 4.79 Å². The maximum absolute atomic E-state index is 12.4. The fraction of sp³-hybridized carbons (Fsp3) is 0.188. The third-order valence-electron chi connectivity index (χ3n) is 3.81. The van der Waals surface area contributed by atoms with Gasteiger partial charge in [0.2, 0.25) is 6.79 Å². The molecular formula is C16H13N3O6S2. The second-order valence-electron chi connectivity index (χ2n) is 5.69. The Balaban J connectivity index is 1.57. The summed E-state index contributed by atoms with van der Waals surface area (Å²) in [4.78, 5) is 16.6. The van der Waals surface area contributed by atoms with E-state index in [4.69, 9.17) is 14.0 Å². The number of nitrogens with one attached hydrogen (secondary N) is 1. The van der Waals surface area contributed by atoms with Gasteiger partial charge in [0, 0.05) is 5.56 Å². The smallest absolute Gasteiger partial charge is 0.276 e. The summed E-state index contributed by atoms with van der Waals surface area (Å²) in [6.45, 7) is 3.10. The Labute approximate surface area is 158 Å². The number of carbonyl (C=O) groups excluding carboxylic acids is 1. The number of carbonyl (C=O) groups is 1. The molecular weight excluding hydrogens is 394 g/mol. The van der Waals surface area contributed by atoms with Gasteiger partial charge in [0.1, 0.15) is 15.6 Å². The summed E-state index contributed by atoms with van der Waals surface area (Å²) in [6.07, 6.45) is 1.32. The number of thiazole rings is 1. The van der Waals surface area contributed by atoms with Gasteiger partial charge in [-0.1, -0.05) is 5.16 Å². The standard InChI is InChI=1S/C16H13N3O6S2/c1-8-14(9(2)25-18-8)27(21,22)19-15(20)13-6-17-16(26-13)10-3-4-11-12(5-10)24-7-23-11/h3-6H,7H2,1-2H3,(H,19,20). The summed E-state index contributed by atoms with van der Waals surface area (Å²) < 4.78 is 42.4. The number of hydrogen-bond donors (Lipinski definition) is 1. The lowest BCUT2D eigenvalue weighted by molar-refractivity contribution is 0.0985. The van der Waals surface area contributed by atoms with Crippen LogP contribution in [-0.2, 0) is 10.0 Å². The zero-order valence-corrected chi connectivity index (χ0v) is 15.8. The molecule has 1 aliphatic heterocycles. The molecule has 1 aliphatic rings. The molecule has 0 aliphatic carbocycles. The van der Waals surface area contributed by atoms with E-state index in [2.05, 4.69) is 10.1 Å². The number of benzene rings is 1. The maximum Gasteiger partial charge on any atom is 0.276 e. The van der Waals surface area contributed by atoms with Crippen molar-refractivity contribution in [3.05, 3.63) is 40.7 Å². The van der Waals surface area contributed by atoms with Crippen molar-refractivity contribution in [3.8, 4) is 22.1 Å². The number of aromatic nitrogens is 2. The number of nitrogens with zero attached hydrogens (tertiary/aromatic N) is 2. The van der Waals surface area contributed by atoms with Crippen LogP contribution in [0.3, 0.4) is 0 Å². The van der Waals surface area contributed by atoms with Gasteiger partial charge < -0.3 is 14.0 Å². The van der Waals surface area contributed by atoms with E-state index in [1.54, 1.807) is 18.2 Å². The summed E-state index contributed by atoms with van der Waals surface area (Å²) in [6, 6.07) is 5.29. The van der Waals surface area contributed by atoms with Gasteiger partial charge in [-0.2, -0.15) is 0 Å². The van der Waals surface area contributed by atoms with Crippen LogP contribution >= 0.6 is 11.3 Å². The highest BCUT2D eigenvalue weighted by atomic mass is 32.2. The van der Waals surface area contributed by atoms with Crippen LogP contribution < -0.4 is 14.2 Å². The van der Waals surface area contributed by atoms with Crippen LogP contribution in [0.25, 0.3) is 10.6 Å². The van der Waals surface area contributed by atoms with E-state index >= 15 is 0 Å². The number of fused-ring (bicyclic) bond motifs is 1. The second-order valence-corrected chi connectivity index (χ2v) is 8.34. The molecule has 0 bridgehead atoms. The zero-order valence-electron chi connectivity index (χ0n) is 14.2. The molecule has 0 atom stereocenters. The van der Waals surface area contributed by atoms with Crippen LogP contribution in [0.1, 0.15) is 21.1 Å². The predicted octanol–water partition coefficient (Wildman–Crippen LogP) is 2.26. The molecule has 11 heteroatoms. The molecule has 0 saturated heterocycles. The first-order valence-electron chi connectivity index (χ1n) is 7.71. The fourth-order valence-corrected chi connectivity index (χ4v) is 4.79. The van der Waals surface area contributed by atoms with Crippen LogP contribution in [0, 0.1) is 13.8 Å². The normalized spacial score (nSPS) is 13.0. The SMILES string of the molecule is Cc1noc(C)c1S(=O)(=O)NC(=O)c1cnc(-c2ccc3c(c2)OCO3)s1. The lowest BCUT2D eigenvalue weighted by Gasteiger charge is -2.04. The van der Waals surface area contributed by atoms with Gasteiger partial charge in [-0.05, 0) is 32.0 Å². The fourth-order valence-electron chi connectivity index (χ4n) is 2.62.